The van der Waals surface area contributed by atoms with Crippen LogP contribution in [0.15, 0.2) is 18.5 Å². The van der Waals surface area contributed by atoms with Gasteiger partial charge in [0.05, 0.1) is 6.10 Å². The molecule has 1 aliphatic carbocycles. The van der Waals surface area contributed by atoms with E-state index in [1.165, 1.54) is 19.3 Å². The average molecular weight is 234 g/mol. The SMILES string of the molecule is Cc1ccncc1C(O)C1(CN)CCCCC1. The zero-order valence-electron chi connectivity index (χ0n) is 10.5. The molecule has 1 aromatic rings. The van der Waals surface area contributed by atoms with Gasteiger partial charge in [0.25, 0.3) is 0 Å². The lowest BCUT2D eigenvalue weighted by Crippen LogP contribution is -2.38. The number of nitrogens with two attached hydrogens (primary N) is 1. The van der Waals surface area contributed by atoms with Gasteiger partial charge in [0, 0.05) is 29.9 Å². The lowest BCUT2D eigenvalue weighted by Gasteiger charge is -2.40. The Bertz CT molecular complexity index is 372. The van der Waals surface area contributed by atoms with Gasteiger partial charge in [0.2, 0.25) is 0 Å². The molecule has 3 nitrogen and oxygen atoms in total. The first-order valence-electron chi connectivity index (χ1n) is 6.48. The van der Waals surface area contributed by atoms with Crippen LogP contribution in [0.1, 0.15) is 49.3 Å². The molecule has 1 heterocycles. The minimum atomic E-state index is -0.471. The molecule has 0 aliphatic heterocycles. The third-order valence-electron chi connectivity index (χ3n) is 4.21. The molecule has 1 aliphatic rings. The summed E-state index contributed by atoms with van der Waals surface area (Å²) >= 11 is 0. The molecule has 0 bridgehead atoms. The van der Waals surface area contributed by atoms with Crippen LogP contribution < -0.4 is 5.73 Å². The number of aliphatic hydroxyl groups is 1. The van der Waals surface area contributed by atoms with E-state index in [0.29, 0.717) is 6.54 Å². The zero-order chi connectivity index (χ0) is 12.3. The summed E-state index contributed by atoms with van der Waals surface area (Å²) < 4.78 is 0. The molecular weight excluding hydrogens is 212 g/mol. The van der Waals surface area contributed by atoms with E-state index in [4.69, 9.17) is 5.73 Å². The summed E-state index contributed by atoms with van der Waals surface area (Å²) in [6, 6.07) is 1.95. The van der Waals surface area contributed by atoms with Gasteiger partial charge in [0.15, 0.2) is 0 Å². The van der Waals surface area contributed by atoms with Crippen LogP contribution in [0.4, 0.5) is 0 Å². The molecule has 1 saturated carbocycles. The van der Waals surface area contributed by atoms with Crippen LogP contribution in [0.2, 0.25) is 0 Å². The number of aryl methyl sites for hydroxylation is 1. The fraction of sp³-hybridized carbons (Fsp3) is 0.643. The second-order valence-corrected chi connectivity index (χ2v) is 5.26. The van der Waals surface area contributed by atoms with Crippen molar-refractivity contribution in [3.8, 4) is 0 Å². The summed E-state index contributed by atoms with van der Waals surface area (Å²) in [5.74, 6) is 0. The lowest BCUT2D eigenvalue weighted by molar-refractivity contribution is 0.0000850. The van der Waals surface area contributed by atoms with Crippen LogP contribution in [0.5, 0.6) is 0 Å². The van der Waals surface area contributed by atoms with Crippen LogP contribution in [0, 0.1) is 12.3 Å². The van der Waals surface area contributed by atoms with Gasteiger partial charge in [-0.2, -0.15) is 0 Å². The van der Waals surface area contributed by atoms with Crippen molar-refractivity contribution in [1.29, 1.82) is 0 Å². The summed E-state index contributed by atoms with van der Waals surface area (Å²) in [5, 5.41) is 10.7. The Balaban J connectivity index is 2.28. The molecule has 1 atom stereocenters. The molecule has 94 valence electrons. The molecule has 1 unspecified atom stereocenters. The molecular formula is C14H22N2O. The summed E-state index contributed by atoms with van der Waals surface area (Å²) in [7, 11) is 0. The number of rotatable bonds is 3. The van der Waals surface area contributed by atoms with Gasteiger partial charge in [-0.25, -0.2) is 0 Å². The highest BCUT2D eigenvalue weighted by Gasteiger charge is 2.39. The van der Waals surface area contributed by atoms with E-state index in [2.05, 4.69) is 4.98 Å². The normalized spacial score (nSPS) is 21.1. The second-order valence-electron chi connectivity index (χ2n) is 5.26. The molecule has 3 heteroatoms. The molecule has 0 aromatic carbocycles. The fourth-order valence-electron chi connectivity index (χ4n) is 2.94. The van der Waals surface area contributed by atoms with Crippen molar-refractivity contribution in [3.05, 3.63) is 29.6 Å². The van der Waals surface area contributed by atoms with Gasteiger partial charge in [-0.05, 0) is 31.4 Å². The third-order valence-corrected chi connectivity index (χ3v) is 4.21. The van der Waals surface area contributed by atoms with Crippen molar-refractivity contribution in [2.45, 2.75) is 45.1 Å². The second kappa shape index (κ2) is 5.15. The molecule has 0 spiro atoms. The third kappa shape index (κ3) is 2.35. The highest BCUT2D eigenvalue weighted by Crippen LogP contribution is 2.45. The van der Waals surface area contributed by atoms with Crippen LogP contribution in [0.3, 0.4) is 0 Å². The Hall–Kier alpha value is -0.930. The smallest absolute Gasteiger partial charge is 0.0875 e. The molecule has 1 aromatic heterocycles. The van der Waals surface area contributed by atoms with Gasteiger partial charge in [-0.15, -0.1) is 0 Å². The van der Waals surface area contributed by atoms with Crippen molar-refractivity contribution in [1.82, 2.24) is 4.98 Å². The van der Waals surface area contributed by atoms with Crippen molar-refractivity contribution in [2.24, 2.45) is 11.1 Å². The largest absolute Gasteiger partial charge is 0.388 e. The Labute approximate surface area is 103 Å². The predicted molar refractivity (Wildman–Crippen MR) is 68.5 cm³/mol. The van der Waals surface area contributed by atoms with Crippen molar-refractivity contribution in [2.75, 3.05) is 6.54 Å². The molecule has 2 rings (SSSR count). The van der Waals surface area contributed by atoms with Crippen LogP contribution in [-0.4, -0.2) is 16.6 Å². The van der Waals surface area contributed by atoms with E-state index in [9.17, 15) is 5.11 Å². The maximum absolute atomic E-state index is 10.7. The summed E-state index contributed by atoms with van der Waals surface area (Å²) in [6.07, 6.45) is 8.74. The average Bonchev–Trinajstić information content (AvgIpc) is 2.39. The molecule has 3 N–H and O–H groups in total. The number of hydrogen-bond donors (Lipinski definition) is 2. The van der Waals surface area contributed by atoms with Crippen molar-refractivity contribution >= 4 is 0 Å². The van der Waals surface area contributed by atoms with E-state index in [1.807, 2.05) is 13.0 Å². The Kier molecular flexibility index (Phi) is 3.79. The van der Waals surface area contributed by atoms with Gasteiger partial charge in [-0.1, -0.05) is 19.3 Å². The highest BCUT2D eigenvalue weighted by molar-refractivity contribution is 5.26. The van der Waals surface area contributed by atoms with E-state index in [1.54, 1.807) is 12.4 Å². The highest BCUT2D eigenvalue weighted by atomic mass is 16.3. The van der Waals surface area contributed by atoms with Gasteiger partial charge < -0.3 is 10.8 Å². The first-order chi connectivity index (χ1) is 8.19. The van der Waals surface area contributed by atoms with E-state index in [0.717, 1.165) is 24.0 Å². The molecule has 0 saturated heterocycles. The van der Waals surface area contributed by atoms with Crippen molar-refractivity contribution in [3.63, 3.8) is 0 Å². The molecule has 1 fully saturated rings. The number of aliphatic hydroxyl groups excluding tert-OH is 1. The quantitative estimate of drug-likeness (QED) is 0.844. The Morgan fingerprint density at radius 1 is 1.41 bits per heavy atom. The Morgan fingerprint density at radius 2 is 2.12 bits per heavy atom. The van der Waals surface area contributed by atoms with E-state index >= 15 is 0 Å². The molecule has 0 radical (unpaired) electrons. The maximum atomic E-state index is 10.7. The van der Waals surface area contributed by atoms with E-state index < -0.39 is 6.10 Å². The number of aromatic nitrogens is 1. The number of nitrogens with zero attached hydrogens (tertiary/aromatic N) is 1. The zero-order valence-corrected chi connectivity index (χ0v) is 10.5. The van der Waals surface area contributed by atoms with E-state index in [-0.39, 0.29) is 5.41 Å². The summed E-state index contributed by atoms with van der Waals surface area (Å²) in [5.41, 5.74) is 7.86. The van der Waals surface area contributed by atoms with Crippen molar-refractivity contribution < 1.29 is 5.11 Å². The molecule has 0 amide bonds. The standard InChI is InChI=1S/C14H22N2O/c1-11-5-8-16-9-12(11)13(17)14(10-15)6-3-2-4-7-14/h5,8-9,13,17H,2-4,6-7,10,15H2,1H3. The first-order valence-corrected chi connectivity index (χ1v) is 6.48. The predicted octanol–water partition coefficient (Wildman–Crippen LogP) is 2.33. The first kappa shape index (κ1) is 12.5. The van der Waals surface area contributed by atoms with Gasteiger partial charge >= 0.3 is 0 Å². The van der Waals surface area contributed by atoms with Crippen LogP contribution in [0.25, 0.3) is 0 Å². The van der Waals surface area contributed by atoms with Gasteiger partial charge in [0.1, 0.15) is 0 Å². The van der Waals surface area contributed by atoms with Gasteiger partial charge in [-0.3, -0.25) is 4.98 Å². The summed E-state index contributed by atoms with van der Waals surface area (Å²) in [6.45, 7) is 2.58. The number of pyridine rings is 1. The van der Waals surface area contributed by atoms with Crippen LogP contribution >= 0.6 is 0 Å². The Morgan fingerprint density at radius 3 is 2.71 bits per heavy atom. The lowest BCUT2D eigenvalue weighted by atomic mass is 9.68. The fourth-order valence-corrected chi connectivity index (χ4v) is 2.94. The topological polar surface area (TPSA) is 59.1 Å². The minimum absolute atomic E-state index is 0.133. The minimum Gasteiger partial charge on any atom is -0.388 e. The maximum Gasteiger partial charge on any atom is 0.0875 e. The van der Waals surface area contributed by atoms with Crippen LogP contribution in [-0.2, 0) is 0 Å². The number of hydrogen-bond acceptors (Lipinski definition) is 3. The summed E-state index contributed by atoms with van der Waals surface area (Å²) in [4.78, 5) is 4.13. The molecule has 17 heavy (non-hydrogen) atoms. The monoisotopic (exact) mass is 234 g/mol.